The summed E-state index contributed by atoms with van der Waals surface area (Å²) in [7, 11) is 0. The molecule has 0 aliphatic heterocycles. The van der Waals surface area contributed by atoms with E-state index >= 15 is 0 Å². The molecule has 5 nitrogen and oxygen atoms in total. The molecule has 6 N–H and O–H groups in total. The zero-order valence-electron chi connectivity index (χ0n) is 8.49. The molecule has 0 bridgehead atoms. The van der Waals surface area contributed by atoms with Crippen LogP contribution < -0.4 is 16.4 Å². The minimum Gasteiger partial charge on any atom is -0.370 e. The fraction of sp³-hybridized carbons (Fsp3) is 0.111. The van der Waals surface area contributed by atoms with E-state index in [0.717, 1.165) is 6.07 Å². The van der Waals surface area contributed by atoms with Crippen LogP contribution >= 0.6 is 0 Å². The van der Waals surface area contributed by atoms with E-state index in [1.165, 1.54) is 6.92 Å². The van der Waals surface area contributed by atoms with Crippen LogP contribution in [0, 0.1) is 29.4 Å². The highest BCUT2D eigenvalue weighted by Gasteiger charge is 2.09. The van der Waals surface area contributed by atoms with E-state index < -0.39 is 17.6 Å². The summed E-state index contributed by atoms with van der Waals surface area (Å²) in [6, 6.07) is 1.84. The predicted molar refractivity (Wildman–Crippen MR) is 57.5 cm³/mol. The first-order chi connectivity index (χ1) is 7.40. The number of benzene rings is 1. The fourth-order valence-electron chi connectivity index (χ4n) is 1.15. The summed E-state index contributed by atoms with van der Waals surface area (Å²) in [5, 5.41) is 18.6. The van der Waals surface area contributed by atoms with Crippen molar-refractivity contribution in [2.75, 3.05) is 5.32 Å². The van der Waals surface area contributed by atoms with Gasteiger partial charge in [0.15, 0.2) is 11.9 Å². The molecule has 0 fully saturated rings. The first kappa shape index (κ1) is 11.9. The summed E-state index contributed by atoms with van der Waals surface area (Å²) >= 11 is 0. The highest BCUT2D eigenvalue weighted by atomic mass is 19.1. The van der Waals surface area contributed by atoms with Crippen LogP contribution in [0.5, 0.6) is 0 Å². The van der Waals surface area contributed by atoms with Gasteiger partial charge in [0.25, 0.3) is 0 Å². The number of nitrogens with one attached hydrogen (secondary N) is 4. The van der Waals surface area contributed by atoms with Gasteiger partial charge < -0.3 is 11.1 Å². The highest BCUT2D eigenvalue weighted by molar-refractivity contribution is 6.02. The molecule has 86 valence electrons. The van der Waals surface area contributed by atoms with Gasteiger partial charge in [-0.05, 0) is 18.6 Å². The van der Waals surface area contributed by atoms with E-state index in [9.17, 15) is 8.78 Å². The van der Waals surface area contributed by atoms with Crippen molar-refractivity contribution >= 4 is 17.6 Å². The minimum atomic E-state index is -0.812. The van der Waals surface area contributed by atoms with Crippen molar-refractivity contribution in [1.82, 2.24) is 5.32 Å². The molecule has 0 radical (unpaired) electrons. The number of hydrogen-bond acceptors (Lipinski definition) is 2. The SMILES string of the molecule is Cc1cc(F)cc(F)c1NC(=N)NC(=N)N. The van der Waals surface area contributed by atoms with Gasteiger partial charge >= 0.3 is 0 Å². The van der Waals surface area contributed by atoms with Gasteiger partial charge in [-0.3, -0.25) is 16.1 Å². The third-order valence-electron chi connectivity index (χ3n) is 1.76. The van der Waals surface area contributed by atoms with Crippen molar-refractivity contribution in [2.24, 2.45) is 5.73 Å². The summed E-state index contributed by atoms with van der Waals surface area (Å²) < 4.78 is 26.1. The Hall–Kier alpha value is -2.18. The number of aryl methyl sites for hydroxylation is 1. The third kappa shape index (κ3) is 2.91. The lowest BCUT2D eigenvalue weighted by atomic mass is 10.2. The van der Waals surface area contributed by atoms with E-state index in [1.54, 1.807) is 0 Å². The van der Waals surface area contributed by atoms with Gasteiger partial charge in [-0.2, -0.15) is 0 Å². The molecule has 0 amide bonds. The van der Waals surface area contributed by atoms with Gasteiger partial charge in [-0.15, -0.1) is 0 Å². The highest BCUT2D eigenvalue weighted by Crippen LogP contribution is 2.20. The molecule has 1 aromatic rings. The van der Waals surface area contributed by atoms with Crippen molar-refractivity contribution in [3.8, 4) is 0 Å². The van der Waals surface area contributed by atoms with Crippen molar-refractivity contribution in [2.45, 2.75) is 6.92 Å². The number of nitrogens with two attached hydrogens (primary N) is 1. The summed E-state index contributed by atoms with van der Waals surface area (Å²) in [6.45, 7) is 1.50. The van der Waals surface area contributed by atoms with Crippen LogP contribution in [-0.2, 0) is 0 Å². The van der Waals surface area contributed by atoms with E-state index in [4.69, 9.17) is 16.6 Å². The number of guanidine groups is 2. The van der Waals surface area contributed by atoms with Crippen LogP contribution in [0.3, 0.4) is 0 Å². The van der Waals surface area contributed by atoms with Gasteiger partial charge in [0, 0.05) is 6.07 Å². The Labute approximate surface area is 90.7 Å². The van der Waals surface area contributed by atoms with Gasteiger partial charge in [0.1, 0.15) is 11.6 Å². The molecule has 7 heteroatoms. The Morgan fingerprint density at radius 3 is 2.44 bits per heavy atom. The molecule has 0 aliphatic rings. The predicted octanol–water partition coefficient (Wildman–Crippen LogP) is 1.10. The lowest BCUT2D eigenvalue weighted by molar-refractivity contribution is 0.584. The van der Waals surface area contributed by atoms with Crippen LogP contribution in [0.4, 0.5) is 14.5 Å². The number of halogens is 2. The Morgan fingerprint density at radius 1 is 1.31 bits per heavy atom. The van der Waals surface area contributed by atoms with Gasteiger partial charge in [-0.25, -0.2) is 8.78 Å². The minimum absolute atomic E-state index is 0.0276. The molecule has 1 rings (SSSR count). The molecule has 0 heterocycles. The smallest absolute Gasteiger partial charge is 0.199 e. The summed E-state index contributed by atoms with van der Waals surface area (Å²) in [4.78, 5) is 0. The Bertz CT molecular complexity index is 421. The third-order valence-corrected chi connectivity index (χ3v) is 1.76. The maximum atomic E-state index is 13.3. The second-order valence-corrected chi connectivity index (χ2v) is 3.12. The van der Waals surface area contributed by atoms with Crippen molar-refractivity contribution in [3.05, 3.63) is 29.3 Å². The zero-order valence-corrected chi connectivity index (χ0v) is 8.49. The monoisotopic (exact) mass is 227 g/mol. The lowest BCUT2D eigenvalue weighted by Gasteiger charge is -2.12. The van der Waals surface area contributed by atoms with Crippen molar-refractivity contribution in [1.29, 1.82) is 10.8 Å². The molecular weight excluding hydrogens is 216 g/mol. The number of anilines is 1. The normalized spacial score (nSPS) is 9.69. The van der Waals surface area contributed by atoms with Crippen LogP contribution in [0.25, 0.3) is 0 Å². The van der Waals surface area contributed by atoms with Gasteiger partial charge in [0.05, 0.1) is 5.69 Å². The second-order valence-electron chi connectivity index (χ2n) is 3.12. The van der Waals surface area contributed by atoms with Crippen LogP contribution in [0.2, 0.25) is 0 Å². The molecular formula is C9H11F2N5. The molecule has 0 unspecified atom stereocenters. The van der Waals surface area contributed by atoms with Crippen molar-refractivity contribution < 1.29 is 8.78 Å². The molecule has 0 aliphatic carbocycles. The Balaban J connectivity index is 2.89. The summed E-state index contributed by atoms with van der Waals surface area (Å²) in [5.41, 5.74) is 5.27. The van der Waals surface area contributed by atoms with Gasteiger partial charge in [0.2, 0.25) is 0 Å². The van der Waals surface area contributed by atoms with Crippen LogP contribution in [0.1, 0.15) is 5.56 Å². The van der Waals surface area contributed by atoms with Crippen molar-refractivity contribution in [3.63, 3.8) is 0 Å². The zero-order chi connectivity index (χ0) is 12.3. The second kappa shape index (κ2) is 4.56. The quantitative estimate of drug-likeness (QED) is 0.367. The van der Waals surface area contributed by atoms with Crippen LogP contribution in [-0.4, -0.2) is 11.9 Å². The van der Waals surface area contributed by atoms with Crippen LogP contribution in [0.15, 0.2) is 12.1 Å². The summed E-state index contributed by atoms with van der Waals surface area (Å²) in [6.07, 6.45) is 0. The standard InChI is InChI=1S/C9H11F2N5/c1-4-2-5(10)3-6(11)7(4)15-9(14)16-8(12)13/h2-3H,1H3,(H6,12,13,14,15,16). The molecule has 0 saturated heterocycles. The lowest BCUT2D eigenvalue weighted by Crippen LogP contribution is -2.39. The molecule has 0 atom stereocenters. The molecule has 16 heavy (non-hydrogen) atoms. The van der Waals surface area contributed by atoms with E-state index in [1.807, 2.05) is 0 Å². The summed E-state index contributed by atoms with van der Waals surface area (Å²) in [5.74, 6) is -2.31. The topological polar surface area (TPSA) is 97.8 Å². The number of hydrogen-bond donors (Lipinski definition) is 5. The number of rotatable bonds is 1. The molecule has 0 saturated carbocycles. The van der Waals surface area contributed by atoms with Gasteiger partial charge in [-0.1, -0.05) is 0 Å². The first-order valence-corrected chi connectivity index (χ1v) is 4.32. The maximum Gasteiger partial charge on any atom is 0.199 e. The molecule has 1 aromatic carbocycles. The fourth-order valence-corrected chi connectivity index (χ4v) is 1.15. The average Bonchev–Trinajstić information content (AvgIpc) is 2.09. The maximum absolute atomic E-state index is 13.3. The van der Waals surface area contributed by atoms with E-state index in [0.29, 0.717) is 11.6 Å². The first-order valence-electron chi connectivity index (χ1n) is 4.32. The van der Waals surface area contributed by atoms with E-state index in [-0.39, 0.29) is 11.6 Å². The molecule has 0 spiro atoms. The largest absolute Gasteiger partial charge is 0.370 e. The Morgan fingerprint density at radius 2 is 1.94 bits per heavy atom. The Kier molecular flexibility index (Phi) is 3.39. The molecule has 0 aromatic heterocycles. The average molecular weight is 227 g/mol. The van der Waals surface area contributed by atoms with E-state index in [2.05, 4.69) is 10.6 Å².